The van der Waals surface area contributed by atoms with E-state index in [9.17, 15) is 22.8 Å². The van der Waals surface area contributed by atoms with Crippen molar-refractivity contribution in [2.75, 3.05) is 13.1 Å². The third-order valence-corrected chi connectivity index (χ3v) is 5.23. The van der Waals surface area contributed by atoms with Crippen molar-refractivity contribution in [3.63, 3.8) is 0 Å². The summed E-state index contributed by atoms with van der Waals surface area (Å²) in [5.41, 5.74) is -0.427. The van der Waals surface area contributed by atoms with E-state index in [1.165, 1.54) is 31.9 Å². The van der Waals surface area contributed by atoms with Crippen LogP contribution in [0.3, 0.4) is 0 Å². The van der Waals surface area contributed by atoms with Crippen molar-refractivity contribution in [3.05, 3.63) is 69.6 Å². The zero-order valence-corrected chi connectivity index (χ0v) is 16.8. The van der Waals surface area contributed by atoms with E-state index in [2.05, 4.69) is 16.3 Å². The second kappa shape index (κ2) is 9.93. The molecule has 1 aliphatic rings. The third kappa shape index (κ3) is 6.19. The van der Waals surface area contributed by atoms with Crippen molar-refractivity contribution in [1.29, 1.82) is 0 Å². The largest absolute Gasteiger partial charge is 0.421 e. The molecular formula is C22H26F3N3O2. The molecule has 30 heavy (non-hydrogen) atoms. The number of nitrogens with zero attached hydrogens (tertiary/aromatic N) is 2. The molecule has 0 saturated carbocycles. The number of rotatable bonds is 6. The molecule has 1 fully saturated rings. The molecule has 2 aromatic rings. The Bertz CT molecular complexity index is 916. The fourth-order valence-electron chi connectivity index (χ4n) is 3.68. The van der Waals surface area contributed by atoms with Gasteiger partial charge in [-0.25, -0.2) is 0 Å². The van der Waals surface area contributed by atoms with Crippen molar-refractivity contribution in [1.82, 2.24) is 14.8 Å². The molecule has 1 amide bonds. The first kappa shape index (κ1) is 22.1. The number of amides is 1. The van der Waals surface area contributed by atoms with Crippen LogP contribution >= 0.6 is 0 Å². The van der Waals surface area contributed by atoms with Crippen LogP contribution < -0.4 is 10.9 Å². The molecule has 0 atom stereocenters. The lowest BCUT2D eigenvalue weighted by molar-refractivity contribution is -0.139. The van der Waals surface area contributed by atoms with Crippen LogP contribution in [0, 0.1) is 0 Å². The predicted octanol–water partition coefficient (Wildman–Crippen LogP) is 3.56. The summed E-state index contributed by atoms with van der Waals surface area (Å²) in [6.45, 7) is 2.83. The van der Waals surface area contributed by atoms with Gasteiger partial charge in [0, 0.05) is 19.3 Å². The SMILES string of the molecule is O=C(Cn1cccc(C(F)(F)F)c1=O)NCc1cccc(CN2CCCCCC2)c1. The summed E-state index contributed by atoms with van der Waals surface area (Å²) >= 11 is 0. The Morgan fingerprint density at radius 3 is 2.40 bits per heavy atom. The highest BCUT2D eigenvalue weighted by molar-refractivity contribution is 5.75. The summed E-state index contributed by atoms with van der Waals surface area (Å²) < 4.78 is 39.3. The Hall–Kier alpha value is -2.61. The van der Waals surface area contributed by atoms with Gasteiger partial charge in [-0.15, -0.1) is 0 Å². The number of carbonyl (C=O) groups excluding carboxylic acids is 1. The third-order valence-electron chi connectivity index (χ3n) is 5.23. The van der Waals surface area contributed by atoms with Gasteiger partial charge >= 0.3 is 6.18 Å². The van der Waals surface area contributed by atoms with E-state index in [-0.39, 0.29) is 6.54 Å². The maximum atomic E-state index is 12.8. The summed E-state index contributed by atoms with van der Waals surface area (Å²) in [6.07, 6.45) is 1.41. The Balaban J connectivity index is 1.57. The molecule has 0 radical (unpaired) electrons. The first-order chi connectivity index (χ1) is 14.3. The topological polar surface area (TPSA) is 54.3 Å². The Morgan fingerprint density at radius 2 is 1.70 bits per heavy atom. The average molecular weight is 421 g/mol. The van der Waals surface area contributed by atoms with Crippen LogP contribution in [0.4, 0.5) is 13.2 Å². The highest BCUT2D eigenvalue weighted by Gasteiger charge is 2.34. The van der Waals surface area contributed by atoms with Gasteiger partial charge in [-0.1, -0.05) is 37.1 Å². The summed E-state index contributed by atoms with van der Waals surface area (Å²) in [4.78, 5) is 26.6. The molecule has 8 heteroatoms. The lowest BCUT2D eigenvalue weighted by atomic mass is 10.1. The highest BCUT2D eigenvalue weighted by atomic mass is 19.4. The number of carbonyl (C=O) groups is 1. The van der Waals surface area contributed by atoms with Gasteiger partial charge in [0.25, 0.3) is 5.56 Å². The minimum Gasteiger partial charge on any atom is -0.350 e. The van der Waals surface area contributed by atoms with E-state index in [1.807, 2.05) is 18.2 Å². The number of hydrogen-bond acceptors (Lipinski definition) is 3. The van der Waals surface area contributed by atoms with Gasteiger partial charge in [0.1, 0.15) is 12.1 Å². The maximum absolute atomic E-state index is 12.8. The van der Waals surface area contributed by atoms with Crippen LogP contribution in [-0.4, -0.2) is 28.5 Å². The standard InChI is InChI=1S/C22H26F3N3O2/c23-22(24,25)19-9-6-12-28(21(19)30)16-20(29)26-14-17-7-5-8-18(13-17)15-27-10-3-1-2-4-11-27/h5-9,12-13H,1-4,10-11,14-16H2,(H,26,29). The second-order valence-electron chi connectivity index (χ2n) is 7.64. The zero-order chi connectivity index (χ0) is 21.6. The van der Waals surface area contributed by atoms with E-state index in [0.717, 1.165) is 41.4 Å². The molecule has 2 heterocycles. The molecule has 1 aliphatic heterocycles. The van der Waals surface area contributed by atoms with E-state index < -0.39 is 29.8 Å². The molecule has 1 aromatic heterocycles. The number of likely N-dealkylation sites (tertiary alicyclic amines) is 1. The number of hydrogen-bond donors (Lipinski definition) is 1. The number of halogens is 3. The minimum absolute atomic E-state index is 0.250. The molecule has 1 aromatic carbocycles. The van der Waals surface area contributed by atoms with Gasteiger partial charge in [-0.2, -0.15) is 13.2 Å². The van der Waals surface area contributed by atoms with Crippen LogP contribution in [0.25, 0.3) is 0 Å². The second-order valence-corrected chi connectivity index (χ2v) is 7.64. The molecule has 162 valence electrons. The first-order valence-electron chi connectivity index (χ1n) is 10.2. The normalized spacial score (nSPS) is 15.6. The van der Waals surface area contributed by atoms with Gasteiger partial charge in [0.2, 0.25) is 5.91 Å². The lowest BCUT2D eigenvalue weighted by Gasteiger charge is -2.20. The van der Waals surface area contributed by atoms with Gasteiger partial charge in [0.15, 0.2) is 0 Å². The average Bonchev–Trinajstić information content (AvgIpc) is 2.96. The molecule has 0 bridgehead atoms. The van der Waals surface area contributed by atoms with Crippen LogP contribution in [0.2, 0.25) is 0 Å². The van der Waals surface area contributed by atoms with Gasteiger partial charge < -0.3 is 9.88 Å². The fourth-order valence-corrected chi connectivity index (χ4v) is 3.68. The minimum atomic E-state index is -4.75. The molecule has 0 aliphatic carbocycles. The lowest BCUT2D eigenvalue weighted by Crippen LogP contribution is -2.34. The first-order valence-corrected chi connectivity index (χ1v) is 10.2. The van der Waals surface area contributed by atoms with Crippen LogP contribution in [0.1, 0.15) is 42.4 Å². The van der Waals surface area contributed by atoms with E-state index in [1.54, 1.807) is 0 Å². The van der Waals surface area contributed by atoms with Crippen molar-refractivity contribution >= 4 is 5.91 Å². The summed E-state index contributed by atoms with van der Waals surface area (Å²) in [6, 6.07) is 9.74. The van der Waals surface area contributed by atoms with E-state index in [0.29, 0.717) is 6.07 Å². The highest BCUT2D eigenvalue weighted by Crippen LogP contribution is 2.25. The smallest absolute Gasteiger partial charge is 0.350 e. The van der Waals surface area contributed by atoms with Crippen molar-refractivity contribution in [3.8, 4) is 0 Å². The summed E-state index contributed by atoms with van der Waals surface area (Å²) in [5, 5.41) is 2.68. The zero-order valence-electron chi connectivity index (χ0n) is 16.8. The molecule has 0 spiro atoms. The van der Waals surface area contributed by atoms with Crippen molar-refractivity contribution < 1.29 is 18.0 Å². The number of pyridine rings is 1. The van der Waals surface area contributed by atoms with Crippen LogP contribution in [0.5, 0.6) is 0 Å². The number of alkyl halides is 3. The number of benzene rings is 1. The molecule has 1 N–H and O–H groups in total. The van der Waals surface area contributed by atoms with E-state index in [4.69, 9.17) is 0 Å². The monoisotopic (exact) mass is 421 g/mol. The molecule has 5 nitrogen and oxygen atoms in total. The van der Waals surface area contributed by atoms with Gasteiger partial charge in [-0.05, 0) is 49.2 Å². The number of nitrogens with one attached hydrogen (secondary N) is 1. The Morgan fingerprint density at radius 1 is 1.00 bits per heavy atom. The molecule has 3 rings (SSSR count). The molecule has 1 saturated heterocycles. The van der Waals surface area contributed by atoms with Crippen molar-refractivity contribution in [2.45, 2.75) is 51.5 Å². The molecular weight excluding hydrogens is 395 g/mol. The molecule has 0 unspecified atom stereocenters. The van der Waals surface area contributed by atoms with Crippen LogP contribution in [-0.2, 0) is 30.6 Å². The summed E-state index contributed by atoms with van der Waals surface area (Å²) in [7, 11) is 0. The fraction of sp³-hybridized carbons (Fsp3) is 0.455. The predicted molar refractivity (Wildman–Crippen MR) is 108 cm³/mol. The maximum Gasteiger partial charge on any atom is 0.421 e. The summed E-state index contributed by atoms with van der Waals surface area (Å²) in [5.74, 6) is -0.519. The quantitative estimate of drug-likeness (QED) is 0.776. The Kier molecular flexibility index (Phi) is 7.31. The number of aromatic nitrogens is 1. The van der Waals surface area contributed by atoms with Crippen molar-refractivity contribution in [2.24, 2.45) is 0 Å². The van der Waals surface area contributed by atoms with Gasteiger partial charge in [-0.3, -0.25) is 14.5 Å². The van der Waals surface area contributed by atoms with Gasteiger partial charge in [0.05, 0.1) is 0 Å². The van der Waals surface area contributed by atoms with Crippen LogP contribution in [0.15, 0.2) is 47.4 Å². The Labute approximate surface area is 173 Å². The van der Waals surface area contributed by atoms with E-state index >= 15 is 0 Å².